The summed E-state index contributed by atoms with van der Waals surface area (Å²) < 4.78 is 25.8. The molecule has 0 aliphatic heterocycles. The molecule has 16 heavy (non-hydrogen) atoms. The maximum absolute atomic E-state index is 13.2. The van der Waals surface area contributed by atoms with Crippen molar-refractivity contribution in [2.24, 2.45) is 0 Å². The fourth-order valence-corrected chi connectivity index (χ4v) is 3.35. The maximum atomic E-state index is 13.2. The SMILES string of the molecule is Nc1ccc(CS(=O)c2cccs2)cc1F. The van der Waals surface area contributed by atoms with Gasteiger partial charge in [0.25, 0.3) is 0 Å². The van der Waals surface area contributed by atoms with Crippen LogP contribution in [0.4, 0.5) is 10.1 Å². The largest absolute Gasteiger partial charge is 0.396 e. The van der Waals surface area contributed by atoms with E-state index in [9.17, 15) is 8.60 Å². The third kappa shape index (κ3) is 2.48. The Kier molecular flexibility index (Phi) is 3.36. The Labute approximate surface area is 99.4 Å². The van der Waals surface area contributed by atoms with Gasteiger partial charge in [0.15, 0.2) is 0 Å². The molecule has 1 aromatic heterocycles. The zero-order valence-electron chi connectivity index (χ0n) is 8.35. The Hall–Kier alpha value is -1.20. The van der Waals surface area contributed by atoms with E-state index in [0.717, 1.165) is 4.21 Å². The number of hydrogen-bond acceptors (Lipinski definition) is 3. The van der Waals surface area contributed by atoms with Crippen LogP contribution in [-0.4, -0.2) is 4.21 Å². The zero-order valence-corrected chi connectivity index (χ0v) is 9.98. The predicted octanol–water partition coefficient (Wildman–Crippen LogP) is 2.78. The van der Waals surface area contributed by atoms with Crippen LogP contribution < -0.4 is 5.73 Å². The number of anilines is 1. The van der Waals surface area contributed by atoms with Gasteiger partial charge in [-0.25, -0.2) is 4.39 Å². The molecule has 0 amide bonds. The highest BCUT2D eigenvalue weighted by molar-refractivity contribution is 7.86. The minimum absolute atomic E-state index is 0.116. The first-order valence-corrected chi connectivity index (χ1v) is 6.82. The molecule has 2 rings (SSSR count). The van der Waals surface area contributed by atoms with Crippen LogP contribution >= 0.6 is 11.3 Å². The van der Waals surface area contributed by atoms with Crippen LogP contribution in [0.25, 0.3) is 0 Å². The molecule has 2 aromatic rings. The van der Waals surface area contributed by atoms with Gasteiger partial charge in [0.2, 0.25) is 0 Å². The van der Waals surface area contributed by atoms with E-state index < -0.39 is 16.6 Å². The van der Waals surface area contributed by atoms with E-state index in [0.29, 0.717) is 11.3 Å². The molecular formula is C11H10FNOS2. The molecule has 0 spiro atoms. The fraction of sp³-hybridized carbons (Fsp3) is 0.0909. The first kappa shape index (κ1) is 11.3. The van der Waals surface area contributed by atoms with Crippen LogP contribution in [0.15, 0.2) is 39.9 Å². The molecule has 5 heteroatoms. The van der Waals surface area contributed by atoms with Crippen molar-refractivity contribution in [2.45, 2.75) is 9.96 Å². The minimum Gasteiger partial charge on any atom is -0.396 e. The van der Waals surface area contributed by atoms with Crippen LogP contribution in [0.5, 0.6) is 0 Å². The topological polar surface area (TPSA) is 43.1 Å². The van der Waals surface area contributed by atoms with Crippen molar-refractivity contribution in [2.75, 3.05) is 5.73 Å². The summed E-state index contributed by atoms with van der Waals surface area (Å²) in [5.74, 6) is -0.141. The second-order valence-corrected chi connectivity index (χ2v) is 5.90. The Bertz CT molecular complexity index is 511. The summed E-state index contributed by atoms with van der Waals surface area (Å²) in [6.07, 6.45) is 0. The van der Waals surface area contributed by atoms with Gasteiger partial charge in [-0.1, -0.05) is 12.1 Å². The van der Waals surface area contributed by atoms with Crippen molar-refractivity contribution in [3.8, 4) is 0 Å². The highest BCUT2D eigenvalue weighted by Crippen LogP contribution is 2.19. The molecule has 0 aliphatic carbocycles. The molecule has 0 fully saturated rings. The third-order valence-electron chi connectivity index (χ3n) is 2.08. The van der Waals surface area contributed by atoms with Gasteiger partial charge in [0, 0.05) is 0 Å². The number of benzene rings is 1. The molecule has 0 saturated heterocycles. The number of halogens is 1. The number of nitrogens with two attached hydrogens (primary N) is 1. The molecule has 0 bridgehead atoms. The van der Waals surface area contributed by atoms with Gasteiger partial charge in [-0.2, -0.15) is 0 Å². The van der Waals surface area contributed by atoms with Crippen LogP contribution in [0.2, 0.25) is 0 Å². The second kappa shape index (κ2) is 4.76. The van der Waals surface area contributed by atoms with Gasteiger partial charge in [0.1, 0.15) is 5.82 Å². The summed E-state index contributed by atoms with van der Waals surface area (Å²) in [4.78, 5) is 0. The third-order valence-corrected chi connectivity index (χ3v) is 4.77. The molecular weight excluding hydrogens is 245 g/mol. The lowest BCUT2D eigenvalue weighted by Crippen LogP contribution is -1.97. The summed E-state index contributed by atoms with van der Waals surface area (Å²) in [7, 11) is -1.11. The number of nitrogen functional groups attached to an aromatic ring is 1. The van der Waals surface area contributed by atoms with E-state index in [-0.39, 0.29) is 5.69 Å². The van der Waals surface area contributed by atoms with Crippen molar-refractivity contribution >= 4 is 27.8 Å². The van der Waals surface area contributed by atoms with Crippen LogP contribution in [0.1, 0.15) is 5.56 Å². The Morgan fingerprint density at radius 2 is 2.19 bits per heavy atom. The molecule has 2 nitrogen and oxygen atoms in total. The van der Waals surface area contributed by atoms with E-state index in [1.165, 1.54) is 23.5 Å². The van der Waals surface area contributed by atoms with Gasteiger partial charge in [-0.05, 0) is 29.1 Å². The number of rotatable bonds is 3. The van der Waals surface area contributed by atoms with Crippen molar-refractivity contribution in [3.63, 3.8) is 0 Å². The van der Waals surface area contributed by atoms with Gasteiger partial charge in [-0.15, -0.1) is 11.3 Å². The quantitative estimate of drug-likeness (QED) is 0.857. The fourth-order valence-electron chi connectivity index (χ4n) is 1.28. The predicted molar refractivity (Wildman–Crippen MR) is 65.2 cm³/mol. The summed E-state index contributed by atoms with van der Waals surface area (Å²) in [5, 5.41) is 1.87. The highest BCUT2D eigenvalue weighted by Gasteiger charge is 2.07. The maximum Gasteiger partial charge on any atom is 0.146 e. The minimum atomic E-state index is -1.11. The highest BCUT2D eigenvalue weighted by atomic mass is 32.2. The average Bonchev–Trinajstić information content (AvgIpc) is 2.77. The van der Waals surface area contributed by atoms with Crippen molar-refractivity contribution in [1.29, 1.82) is 0 Å². The van der Waals surface area contributed by atoms with Crippen LogP contribution in [0, 0.1) is 5.82 Å². The van der Waals surface area contributed by atoms with Gasteiger partial charge >= 0.3 is 0 Å². The summed E-state index contributed by atoms with van der Waals surface area (Å²) in [6, 6.07) is 8.19. The molecule has 1 aromatic carbocycles. The van der Waals surface area contributed by atoms with Crippen molar-refractivity contribution in [3.05, 3.63) is 47.1 Å². The standard InChI is InChI=1S/C11H10FNOS2/c12-9-6-8(3-4-10(9)13)7-16(14)11-2-1-5-15-11/h1-6H,7,13H2. The number of hydrogen-bond donors (Lipinski definition) is 1. The first-order valence-electron chi connectivity index (χ1n) is 4.62. The van der Waals surface area contributed by atoms with Gasteiger partial charge in [-0.3, -0.25) is 4.21 Å². The molecule has 0 saturated carbocycles. The average molecular weight is 255 g/mol. The van der Waals surface area contributed by atoms with E-state index in [4.69, 9.17) is 5.73 Å². The first-order chi connectivity index (χ1) is 7.66. The lowest BCUT2D eigenvalue weighted by atomic mass is 10.2. The summed E-state index contributed by atoms with van der Waals surface area (Å²) in [6.45, 7) is 0. The summed E-state index contributed by atoms with van der Waals surface area (Å²) >= 11 is 1.44. The molecule has 84 valence electrons. The van der Waals surface area contributed by atoms with Crippen molar-refractivity contribution < 1.29 is 8.60 Å². The Morgan fingerprint density at radius 3 is 2.81 bits per heavy atom. The zero-order chi connectivity index (χ0) is 11.5. The lowest BCUT2D eigenvalue weighted by Gasteiger charge is -2.02. The molecule has 1 atom stereocenters. The molecule has 0 aliphatic rings. The van der Waals surface area contributed by atoms with Gasteiger partial charge < -0.3 is 5.73 Å². The van der Waals surface area contributed by atoms with E-state index in [1.807, 2.05) is 17.5 Å². The van der Waals surface area contributed by atoms with Crippen molar-refractivity contribution in [1.82, 2.24) is 0 Å². The Balaban J connectivity index is 2.15. The summed E-state index contributed by atoms with van der Waals surface area (Å²) in [5.41, 5.74) is 6.17. The van der Waals surface area contributed by atoms with E-state index >= 15 is 0 Å². The normalized spacial score (nSPS) is 12.6. The smallest absolute Gasteiger partial charge is 0.146 e. The molecule has 1 unspecified atom stereocenters. The van der Waals surface area contributed by atoms with Gasteiger partial charge in [0.05, 0.1) is 26.4 Å². The monoisotopic (exact) mass is 255 g/mol. The second-order valence-electron chi connectivity index (χ2n) is 3.28. The van der Waals surface area contributed by atoms with E-state index in [2.05, 4.69) is 0 Å². The lowest BCUT2D eigenvalue weighted by molar-refractivity contribution is 0.631. The Morgan fingerprint density at radius 1 is 1.38 bits per heavy atom. The van der Waals surface area contributed by atoms with Crippen LogP contribution in [0.3, 0.4) is 0 Å². The van der Waals surface area contributed by atoms with E-state index in [1.54, 1.807) is 6.07 Å². The molecule has 2 N–H and O–H groups in total. The molecule has 1 heterocycles. The number of thiophene rings is 1. The van der Waals surface area contributed by atoms with Crippen LogP contribution in [-0.2, 0) is 16.6 Å². The molecule has 0 radical (unpaired) electrons.